The molecule has 1 N–H and O–H groups in total. The molecule has 144 valence electrons. The molecule has 2 aromatic heterocycles. The van der Waals surface area contributed by atoms with Crippen LogP contribution in [0.4, 0.5) is 5.69 Å². The maximum absolute atomic E-state index is 12.8. The number of anilines is 1. The van der Waals surface area contributed by atoms with Crippen LogP contribution in [0.5, 0.6) is 0 Å². The van der Waals surface area contributed by atoms with Gasteiger partial charge >= 0.3 is 0 Å². The summed E-state index contributed by atoms with van der Waals surface area (Å²) < 4.78 is 2.29. The van der Waals surface area contributed by atoms with Crippen molar-refractivity contribution in [2.24, 2.45) is 0 Å². The van der Waals surface area contributed by atoms with Gasteiger partial charge in [-0.2, -0.15) is 0 Å². The highest BCUT2D eigenvalue weighted by Crippen LogP contribution is 2.27. The van der Waals surface area contributed by atoms with E-state index in [2.05, 4.69) is 19.9 Å². The lowest BCUT2D eigenvalue weighted by Crippen LogP contribution is -2.13. The Morgan fingerprint density at radius 3 is 2.76 bits per heavy atom. The zero-order valence-corrected chi connectivity index (χ0v) is 16.5. The summed E-state index contributed by atoms with van der Waals surface area (Å²) in [7, 11) is 0. The van der Waals surface area contributed by atoms with E-state index >= 15 is 0 Å². The zero-order valence-electron chi connectivity index (χ0n) is 15.7. The molecule has 0 unspecified atom stereocenters. The van der Waals surface area contributed by atoms with E-state index in [1.54, 1.807) is 18.3 Å². The molecule has 2 aromatic carbocycles. The van der Waals surface area contributed by atoms with Crippen LogP contribution in [0, 0.1) is 0 Å². The smallest absolute Gasteiger partial charge is 0.257 e. The average molecular weight is 403 g/mol. The Bertz CT molecular complexity index is 1210. The molecule has 5 rings (SSSR count). The van der Waals surface area contributed by atoms with Gasteiger partial charge in [0.1, 0.15) is 5.82 Å². The predicted octanol–water partition coefficient (Wildman–Crippen LogP) is 5.34. The van der Waals surface area contributed by atoms with Gasteiger partial charge in [0.05, 0.1) is 16.1 Å². The fraction of sp³-hybridized carbons (Fsp3) is 0.174. The number of hydrogen-bond acceptors (Lipinski definition) is 3. The van der Waals surface area contributed by atoms with Crippen molar-refractivity contribution in [2.45, 2.75) is 25.8 Å². The summed E-state index contributed by atoms with van der Waals surface area (Å²) in [5.74, 6) is 0.779. The van der Waals surface area contributed by atoms with Crippen LogP contribution in [0.25, 0.3) is 22.3 Å². The van der Waals surface area contributed by atoms with Crippen LogP contribution in [0.1, 0.15) is 28.9 Å². The topological polar surface area (TPSA) is 59.8 Å². The molecule has 4 aromatic rings. The molecular weight excluding hydrogens is 384 g/mol. The van der Waals surface area contributed by atoms with Crippen molar-refractivity contribution in [3.05, 3.63) is 77.2 Å². The lowest BCUT2D eigenvalue weighted by molar-refractivity contribution is 0.102. The van der Waals surface area contributed by atoms with Gasteiger partial charge in [-0.05, 0) is 67.8 Å². The number of nitrogens with one attached hydrogen (secondary N) is 1. The number of carbonyl (C=O) groups excluding carboxylic acids is 1. The molecule has 0 atom stereocenters. The lowest BCUT2D eigenvalue weighted by Gasteiger charge is -2.16. The highest BCUT2D eigenvalue weighted by molar-refractivity contribution is 6.36. The summed E-state index contributed by atoms with van der Waals surface area (Å²) in [6, 6.07) is 14.9. The van der Waals surface area contributed by atoms with Crippen LogP contribution in [0.3, 0.4) is 0 Å². The highest BCUT2D eigenvalue weighted by atomic mass is 35.5. The van der Waals surface area contributed by atoms with Gasteiger partial charge in [-0.3, -0.25) is 9.78 Å². The Balaban J connectivity index is 1.40. The third-order valence-corrected chi connectivity index (χ3v) is 5.69. The van der Waals surface area contributed by atoms with Crippen LogP contribution >= 0.6 is 11.6 Å². The molecule has 29 heavy (non-hydrogen) atoms. The molecule has 1 aliphatic heterocycles. The van der Waals surface area contributed by atoms with E-state index in [0.29, 0.717) is 16.1 Å². The van der Waals surface area contributed by atoms with E-state index in [4.69, 9.17) is 11.6 Å². The molecule has 5 nitrogen and oxygen atoms in total. The Morgan fingerprint density at radius 2 is 1.90 bits per heavy atom. The standard InChI is InChI=1S/C23H19ClN4O/c24-20-11-10-19(21-18(20)5-3-12-25-21)23(29)27-16-8-6-15(7-9-16)22-26-14-17-4-1-2-13-28(17)22/h3,5-12,14H,1-2,4,13H2,(H,27,29). The number of nitrogens with zero attached hydrogens (tertiary/aromatic N) is 3. The van der Waals surface area contributed by atoms with Crippen molar-refractivity contribution < 1.29 is 4.79 Å². The van der Waals surface area contributed by atoms with Crippen molar-refractivity contribution in [3.8, 4) is 11.4 Å². The first kappa shape index (κ1) is 17.9. The largest absolute Gasteiger partial charge is 0.328 e. The maximum Gasteiger partial charge on any atom is 0.257 e. The van der Waals surface area contributed by atoms with E-state index in [1.807, 2.05) is 42.6 Å². The lowest BCUT2D eigenvalue weighted by atomic mass is 10.1. The van der Waals surface area contributed by atoms with Gasteiger partial charge < -0.3 is 9.88 Å². The van der Waals surface area contributed by atoms with Gasteiger partial charge in [-0.15, -0.1) is 0 Å². The number of aryl methyl sites for hydroxylation is 1. The number of amides is 1. The Morgan fingerprint density at radius 1 is 1.03 bits per heavy atom. The van der Waals surface area contributed by atoms with Crippen LogP contribution in [-0.4, -0.2) is 20.4 Å². The Hall–Kier alpha value is -3.18. The minimum atomic E-state index is -0.212. The molecule has 0 bridgehead atoms. The average Bonchev–Trinajstić information content (AvgIpc) is 3.19. The minimum absolute atomic E-state index is 0.212. The predicted molar refractivity (Wildman–Crippen MR) is 115 cm³/mol. The van der Waals surface area contributed by atoms with Crippen molar-refractivity contribution >= 4 is 34.1 Å². The molecule has 3 heterocycles. The van der Waals surface area contributed by atoms with Gasteiger partial charge in [-0.25, -0.2) is 4.98 Å². The quantitative estimate of drug-likeness (QED) is 0.503. The maximum atomic E-state index is 12.8. The van der Waals surface area contributed by atoms with E-state index in [-0.39, 0.29) is 5.91 Å². The second-order valence-electron chi connectivity index (χ2n) is 7.21. The van der Waals surface area contributed by atoms with Gasteiger partial charge in [-0.1, -0.05) is 11.6 Å². The second-order valence-corrected chi connectivity index (χ2v) is 7.62. The Kier molecular flexibility index (Phi) is 4.52. The number of rotatable bonds is 3. The van der Waals surface area contributed by atoms with Crippen LogP contribution in [-0.2, 0) is 13.0 Å². The van der Waals surface area contributed by atoms with Gasteiger partial charge in [0.25, 0.3) is 5.91 Å². The molecule has 0 saturated carbocycles. The summed E-state index contributed by atoms with van der Waals surface area (Å²) in [5.41, 5.74) is 4.17. The first-order valence-electron chi connectivity index (χ1n) is 9.70. The van der Waals surface area contributed by atoms with Crippen molar-refractivity contribution in [2.75, 3.05) is 5.32 Å². The number of fused-ring (bicyclic) bond motifs is 2. The Labute approximate surface area is 173 Å². The van der Waals surface area contributed by atoms with Gasteiger partial charge in [0, 0.05) is 41.3 Å². The number of hydrogen-bond donors (Lipinski definition) is 1. The third kappa shape index (κ3) is 3.28. The summed E-state index contributed by atoms with van der Waals surface area (Å²) in [4.78, 5) is 21.8. The summed E-state index contributed by atoms with van der Waals surface area (Å²) in [6.45, 7) is 1.01. The SMILES string of the molecule is O=C(Nc1ccc(-c2ncc3n2CCCC3)cc1)c1ccc(Cl)c2cccnc12. The minimum Gasteiger partial charge on any atom is -0.328 e. The molecule has 1 amide bonds. The monoisotopic (exact) mass is 402 g/mol. The molecule has 0 spiro atoms. The van der Waals surface area contributed by atoms with Crippen LogP contribution < -0.4 is 5.32 Å². The second kappa shape index (κ2) is 7.33. The molecule has 1 aliphatic rings. The van der Waals surface area contributed by atoms with Crippen molar-refractivity contribution in [3.63, 3.8) is 0 Å². The summed E-state index contributed by atoms with van der Waals surface area (Å²) in [5, 5.41) is 4.30. The molecule has 0 aliphatic carbocycles. The normalized spacial score (nSPS) is 13.3. The van der Waals surface area contributed by atoms with Crippen LogP contribution in [0.15, 0.2) is 60.9 Å². The fourth-order valence-corrected chi connectivity index (χ4v) is 4.10. The summed E-state index contributed by atoms with van der Waals surface area (Å²) >= 11 is 6.23. The zero-order chi connectivity index (χ0) is 19.8. The van der Waals surface area contributed by atoms with Crippen LogP contribution in [0.2, 0.25) is 5.02 Å². The number of halogens is 1. The van der Waals surface area contributed by atoms with Gasteiger partial charge in [0.2, 0.25) is 0 Å². The molecule has 0 fully saturated rings. The van der Waals surface area contributed by atoms with E-state index in [9.17, 15) is 4.79 Å². The number of aromatic nitrogens is 3. The van der Waals surface area contributed by atoms with Crippen molar-refractivity contribution in [1.82, 2.24) is 14.5 Å². The number of carbonyl (C=O) groups is 1. The molecule has 0 radical (unpaired) electrons. The fourth-order valence-electron chi connectivity index (χ4n) is 3.89. The highest BCUT2D eigenvalue weighted by Gasteiger charge is 2.16. The van der Waals surface area contributed by atoms with Crippen molar-refractivity contribution in [1.29, 1.82) is 0 Å². The van der Waals surface area contributed by atoms with E-state index in [0.717, 1.165) is 35.4 Å². The molecule has 6 heteroatoms. The van der Waals surface area contributed by atoms with E-state index < -0.39 is 0 Å². The first-order valence-corrected chi connectivity index (χ1v) is 10.1. The van der Waals surface area contributed by atoms with Gasteiger partial charge in [0.15, 0.2) is 0 Å². The number of benzene rings is 2. The number of imidazole rings is 1. The number of pyridine rings is 1. The third-order valence-electron chi connectivity index (χ3n) is 5.36. The summed E-state index contributed by atoms with van der Waals surface area (Å²) in [6.07, 6.45) is 7.14. The molecular formula is C23H19ClN4O. The first-order chi connectivity index (χ1) is 14.2. The molecule has 0 saturated heterocycles. The van der Waals surface area contributed by atoms with E-state index in [1.165, 1.54) is 18.5 Å².